The van der Waals surface area contributed by atoms with Crippen LogP contribution in [0, 0.1) is 0 Å². The second-order valence-corrected chi connectivity index (χ2v) is 5.38. The van der Waals surface area contributed by atoms with Crippen molar-refractivity contribution < 1.29 is 13.2 Å². The molecule has 0 bridgehead atoms. The van der Waals surface area contributed by atoms with Gasteiger partial charge in [0, 0.05) is 44.4 Å². The van der Waals surface area contributed by atoms with Crippen LogP contribution >= 0.6 is 12.4 Å². The van der Waals surface area contributed by atoms with Gasteiger partial charge in [0.2, 0.25) is 0 Å². The zero-order chi connectivity index (χ0) is 15.2. The molecule has 1 saturated carbocycles. The van der Waals surface area contributed by atoms with E-state index in [1.165, 1.54) is 17.9 Å². The van der Waals surface area contributed by atoms with Crippen molar-refractivity contribution in [3.63, 3.8) is 0 Å². The maximum absolute atomic E-state index is 12.9. The first-order chi connectivity index (χ1) is 9.84. The van der Waals surface area contributed by atoms with Crippen LogP contribution in [0.3, 0.4) is 0 Å². The van der Waals surface area contributed by atoms with Gasteiger partial charge in [0.25, 0.3) is 0 Å². The molecule has 0 radical (unpaired) electrons. The van der Waals surface area contributed by atoms with E-state index >= 15 is 0 Å². The van der Waals surface area contributed by atoms with Gasteiger partial charge in [-0.05, 0) is 12.8 Å². The van der Waals surface area contributed by atoms with Crippen LogP contribution in [0.4, 0.5) is 19.0 Å². The molecule has 0 atom stereocenters. The highest BCUT2D eigenvalue weighted by Gasteiger charge is 2.36. The van der Waals surface area contributed by atoms with Crippen molar-refractivity contribution in [2.45, 2.75) is 31.5 Å². The van der Waals surface area contributed by atoms with E-state index < -0.39 is 11.9 Å². The fourth-order valence-corrected chi connectivity index (χ4v) is 2.32. The van der Waals surface area contributed by atoms with Gasteiger partial charge in [-0.1, -0.05) is 0 Å². The van der Waals surface area contributed by atoms with Crippen LogP contribution in [0.1, 0.15) is 35.7 Å². The highest BCUT2D eigenvalue weighted by Crippen LogP contribution is 2.40. The molecule has 1 aliphatic carbocycles. The lowest BCUT2D eigenvalue weighted by atomic mass is 10.2. The molecule has 9 heteroatoms. The number of hydrogen-bond acceptors (Lipinski definition) is 3. The summed E-state index contributed by atoms with van der Waals surface area (Å²) in [5.74, 6) is 1.23. The molecule has 1 fully saturated rings. The van der Waals surface area contributed by atoms with Crippen molar-refractivity contribution in [1.82, 2.24) is 19.6 Å². The average Bonchev–Trinajstić information content (AvgIpc) is 3.06. The number of hydrogen-bond donors (Lipinski definition) is 1. The Morgan fingerprint density at radius 2 is 1.95 bits per heavy atom. The Kier molecular flexibility index (Phi) is 4.42. The number of nitrogens with zero attached hydrogens (tertiary/aromatic N) is 4. The summed E-state index contributed by atoms with van der Waals surface area (Å²) < 4.78 is 41.4. The minimum atomic E-state index is -4.44. The van der Waals surface area contributed by atoms with E-state index in [0.29, 0.717) is 11.7 Å². The lowest BCUT2D eigenvalue weighted by molar-refractivity contribution is -0.142. The summed E-state index contributed by atoms with van der Waals surface area (Å²) in [6.07, 6.45) is -0.785. The fourth-order valence-electron chi connectivity index (χ4n) is 2.32. The number of anilines is 1. The highest BCUT2D eigenvalue weighted by atomic mass is 35.5. The second-order valence-electron chi connectivity index (χ2n) is 5.38. The van der Waals surface area contributed by atoms with Gasteiger partial charge in [-0.2, -0.15) is 23.4 Å². The van der Waals surface area contributed by atoms with Crippen LogP contribution in [0.5, 0.6) is 0 Å². The van der Waals surface area contributed by atoms with Gasteiger partial charge in [0.05, 0.1) is 5.69 Å². The SMILES string of the molecule is Cl.Cn1cc(CNc2cc(C3CC3)nn2C)c(C(F)(F)F)n1. The Labute approximate surface area is 131 Å². The van der Waals surface area contributed by atoms with Crippen LogP contribution in [0.2, 0.25) is 0 Å². The molecular formula is C13H17ClF3N5. The smallest absolute Gasteiger partial charge is 0.366 e. The van der Waals surface area contributed by atoms with Crippen LogP contribution < -0.4 is 5.32 Å². The summed E-state index contributed by atoms with van der Waals surface area (Å²) in [6, 6.07) is 1.90. The molecule has 1 aliphatic rings. The molecule has 0 amide bonds. The van der Waals surface area contributed by atoms with E-state index in [-0.39, 0.29) is 24.5 Å². The number of aromatic nitrogens is 4. The predicted molar refractivity (Wildman–Crippen MR) is 78.0 cm³/mol. The van der Waals surface area contributed by atoms with Crippen LogP contribution in [0.15, 0.2) is 12.3 Å². The molecule has 1 N–H and O–H groups in total. The third-order valence-corrected chi connectivity index (χ3v) is 3.53. The summed E-state index contributed by atoms with van der Waals surface area (Å²) in [5.41, 5.74) is 0.281. The van der Waals surface area contributed by atoms with Crippen molar-refractivity contribution in [2.75, 3.05) is 5.32 Å². The minimum Gasteiger partial charge on any atom is -0.366 e. The Balaban J connectivity index is 0.00000176. The van der Waals surface area contributed by atoms with Gasteiger partial charge >= 0.3 is 6.18 Å². The van der Waals surface area contributed by atoms with Crippen LogP contribution in [0.25, 0.3) is 0 Å². The van der Waals surface area contributed by atoms with Gasteiger partial charge in [-0.25, -0.2) is 0 Å². The first kappa shape index (κ1) is 16.7. The second kappa shape index (κ2) is 5.83. The molecule has 0 saturated heterocycles. The monoisotopic (exact) mass is 335 g/mol. The first-order valence-electron chi connectivity index (χ1n) is 6.72. The minimum absolute atomic E-state index is 0. The molecule has 2 aromatic rings. The van der Waals surface area contributed by atoms with Gasteiger partial charge in [-0.3, -0.25) is 9.36 Å². The van der Waals surface area contributed by atoms with Gasteiger partial charge in [0.1, 0.15) is 5.82 Å². The number of nitrogens with one attached hydrogen (secondary N) is 1. The van der Waals surface area contributed by atoms with Crippen molar-refractivity contribution >= 4 is 18.2 Å². The summed E-state index contributed by atoms with van der Waals surface area (Å²) in [7, 11) is 3.26. The lowest BCUT2D eigenvalue weighted by Crippen LogP contribution is -2.12. The zero-order valence-electron chi connectivity index (χ0n) is 12.2. The summed E-state index contributed by atoms with van der Waals surface area (Å²) in [6.45, 7) is 0.0618. The summed E-state index contributed by atoms with van der Waals surface area (Å²) in [5, 5.41) is 10.9. The van der Waals surface area contributed by atoms with E-state index in [4.69, 9.17) is 0 Å². The Morgan fingerprint density at radius 3 is 2.55 bits per heavy atom. The van der Waals surface area contributed by atoms with E-state index in [1.807, 2.05) is 6.07 Å². The van der Waals surface area contributed by atoms with Gasteiger partial charge in [-0.15, -0.1) is 12.4 Å². The van der Waals surface area contributed by atoms with E-state index in [9.17, 15) is 13.2 Å². The molecule has 5 nitrogen and oxygen atoms in total. The third-order valence-electron chi connectivity index (χ3n) is 3.53. The van der Waals surface area contributed by atoms with Gasteiger partial charge < -0.3 is 5.32 Å². The Bertz CT molecular complexity index is 657. The average molecular weight is 336 g/mol. The molecule has 2 aromatic heterocycles. The van der Waals surface area contributed by atoms with Crippen molar-refractivity contribution in [1.29, 1.82) is 0 Å². The van der Waals surface area contributed by atoms with Crippen molar-refractivity contribution in [3.8, 4) is 0 Å². The Hall–Kier alpha value is -1.70. The van der Waals surface area contributed by atoms with Gasteiger partial charge in [0.15, 0.2) is 5.69 Å². The molecule has 22 heavy (non-hydrogen) atoms. The number of rotatable bonds is 4. The van der Waals surface area contributed by atoms with E-state index in [2.05, 4.69) is 15.5 Å². The molecular weight excluding hydrogens is 319 g/mol. The fraction of sp³-hybridized carbons (Fsp3) is 0.538. The normalized spacial score (nSPS) is 14.8. The van der Waals surface area contributed by atoms with Crippen molar-refractivity contribution in [2.24, 2.45) is 14.1 Å². The zero-order valence-corrected chi connectivity index (χ0v) is 13.0. The molecule has 3 rings (SSSR count). The standard InChI is InChI=1S/C13H16F3N5.ClH/c1-20-7-9(12(19-20)13(14,15)16)6-17-11-5-10(8-3-4-8)18-21(11)2;/h5,7-8,17H,3-4,6H2,1-2H3;1H. The predicted octanol–water partition coefficient (Wildman–Crippen LogP) is 3.08. The third kappa shape index (κ3) is 3.37. The maximum Gasteiger partial charge on any atom is 0.435 e. The van der Waals surface area contributed by atoms with E-state index in [1.54, 1.807) is 11.7 Å². The topological polar surface area (TPSA) is 47.7 Å². The lowest BCUT2D eigenvalue weighted by Gasteiger charge is -2.08. The number of aryl methyl sites for hydroxylation is 2. The highest BCUT2D eigenvalue weighted by molar-refractivity contribution is 5.85. The number of halogens is 4. The number of alkyl halides is 3. The molecule has 0 aromatic carbocycles. The molecule has 122 valence electrons. The maximum atomic E-state index is 12.9. The van der Waals surface area contributed by atoms with E-state index in [0.717, 1.165) is 18.5 Å². The van der Waals surface area contributed by atoms with Crippen LogP contribution in [-0.2, 0) is 26.8 Å². The summed E-state index contributed by atoms with van der Waals surface area (Å²) in [4.78, 5) is 0. The molecule has 0 spiro atoms. The molecule has 0 unspecified atom stereocenters. The molecule has 2 heterocycles. The van der Waals surface area contributed by atoms with Crippen molar-refractivity contribution in [3.05, 3.63) is 29.2 Å². The first-order valence-corrected chi connectivity index (χ1v) is 6.72. The van der Waals surface area contributed by atoms with Crippen LogP contribution in [-0.4, -0.2) is 19.6 Å². The molecule has 0 aliphatic heterocycles. The largest absolute Gasteiger partial charge is 0.435 e. The Morgan fingerprint density at radius 1 is 1.27 bits per heavy atom. The quantitative estimate of drug-likeness (QED) is 0.934. The summed E-state index contributed by atoms with van der Waals surface area (Å²) >= 11 is 0.